The van der Waals surface area contributed by atoms with Crippen molar-refractivity contribution in [2.24, 2.45) is 0 Å². The standard InChI is InChI=1S/C54H36N2O/c1-3-15-38(16-4-1)47-22-9-11-24-52(47)56(46-31-29-39-26-27-41-33-54-51(36-50(41)49(39)35-46)48-23-10-12-25-53(48)57-54)44-21-13-20-43(34-44)55(42-18-5-2-6-19-42)45-30-28-37-14-7-8-17-40(37)32-45/h1-36H. The maximum absolute atomic E-state index is 6.31. The summed E-state index contributed by atoms with van der Waals surface area (Å²) in [5.74, 6) is 0. The van der Waals surface area contributed by atoms with E-state index >= 15 is 0 Å². The lowest BCUT2D eigenvalue weighted by molar-refractivity contribution is 0.669. The van der Waals surface area contributed by atoms with Crippen molar-refractivity contribution in [2.75, 3.05) is 9.80 Å². The topological polar surface area (TPSA) is 19.6 Å². The normalized spacial score (nSPS) is 11.5. The van der Waals surface area contributed by atoms with Crippen molar-refractivity contribution in [1.82, 2.24) is 0 Å². The number of hydrogen-bond donors (Lipinski definition) is 0. The van der Waals surface area contributed by atoms with Gasteiger partial charge in [-0.05, 0) is 117 Å². The Labute approximate surface area is 330 Å². The van der Waals surface area contributed by atoms with Gasteiger partial charge in [0.15, 0.2) is 0 Å². The first-order valence-electron chi connectivity index (χ1n) is 19.4. The first kappa shape index (κ1) is 32.8. The number of fused-ring (bicyclic) bond motifs is 7. The lowest BCUT2D eigenvalue weighted by Gasteiger charge is -2.31. The molecule has 1 aromatic heterocycles. The van der Waals surface area contributed by atoms with Crippen LogP contribution in [0.5, 0.6) is 0 Å². The molecule has 11 rings (SSSR count). The third-order valence-corrected chi connectivity index (χ3v) is 11.2. The number of nitrogens with zero attached hydrogens (tertiary/aromatic N) is 2. The van der Waals surface area contributed by atoms with Crippen LogP contribution in [0.2, 0.25) is 0 Å². The highest BCUT2D eigenvalue weighted by atomic mass is 16.3. The Kier molecular flexibility index (Phi) is 7.82. The van der Waals surface area contributed by atoms with Crippen LogP contribution in [0.15, 0.2) is 223 Å². The fourth-order valence-corrected chi connectivity index (χ4v) is 8.47. The van der Waals surface area contributed by atoms with E-state index in [1.54, 1.807) is 0 Å². The number of hydrogen-bond acceptors (Lipinski definition) is 3. The molecule has 0 saturated heterocycles. The van der Waals surface area contributed by atoms with E-state index in [2.05, 4.69) is 216 Å². The molecule has 3 nitrogen and oxygen atoms in total. The molecule has 0 fully saturated rings. The first-order valence-corrected chi connectivity index (χ1v) is 19.4. The first-order chi connectivity index (χ1) is 28.2. The molecule has 0 radical (unpaired) electrons. The van der Waals surface area contributed by atoms with Crippen LogP contribution in [0.4, 0.5) is 34.1 Å². The molecule has 0 amide bonds. The van der Waals surface area contributed by atoms with Crippen LogP contribution in [-0.2, 0) is 0 Å². The monoisotopic (exact) mass is 728 g/mol. The van der Waals surface area contributed by atoms with E-state index < -0.39 is 0 Å². The van der Waals surface area contributed by atoms with Crippen LogP contribution in [0, 0.1) is 0 Å². The molecule has 1 heterocycles. The Bertz CT molecular complexity index is 3260. The van der Waals surface area contributed by atoms with Gasteiger partial charge in [-0.15, -0.1) is 0 Å². The lowest BCUT2D eigenvalue weighted by Crippen LogP contribution is -2.14. The predicted octanol–water partition coefficient (Wildman–Crippen LogP) is 15.7. The molecule has 10 aromatic carbocycles. The van der Waals surface area contributed by atoms with Crippen LogP contribution in [-0.4, -0.2) is 0 Å². The van der Waals surface area contributed by atoms with Gasteiger partial charge in [-0.25, -0.2) is 0 Å². The van der Waals surface area contributed by atoms with Crippen molar-refractivity contribution in [1.29, 1.82) is 0 Å². The molecule has 57 heavy (non-hydrogen) atoms. The van der Waals surface area contributed by atoms with Gasteiger partial charge in [-0.3, -0.25) is 0 Å². The minimum absolute atomic E-state index is 0.906. The number of para-hydroxylation sites is 3. The number of rotatable bonds is 7. The zero-order valence-electron chi connectivity index (χ0n) is 31.1. The molecule has 0 atom stereocenters. The summed E-state index contributed by atoms with van der Waals surface area (Å²) in [5.41, 5.74) is 10.6. The molecule has 268 valence electrons. The fourth-order valence-electron chi connectivity index (χ4n) is 8.47. The molecule has 0 saturated carbocycles. The Morgan fingerprint density at radius 3 is 1.74 bits per heavy atom. The van der Waals surface area contributed by atoms with Crippen molar-refractivity contribution in [3.8, 4) is 11.1 Å². The molecule has 0 bridgehead atoms. The minimum atomic E-state index is 0.906. The summed E-state index contributed by atoms with van der Waals surface area (Å²) in [5, 5.41) is 9.42. The average Bonchev–Trinajstić information content (AvgIpc) is 3.64. The van der Waals surface area contributed by atoms with Crippen LogP contribution >= 0.6 is 0 Å². The SMILES string of the molecule is c1ccc(-c2ccccc2N(c2cccc(N(c3ccccc3)c3ccc4ccccc4c3)c2)c2ccc3ccc4cc5oc6ccccc6c5cc4c3c2)cc1. The Hall–Kier alpha value is -7.62. The van der Waals surface area contributed by atoms with Crippen LogP contribution < -0.4 is 9.80 Å². The fraction of sp³-hybridized carbons (Fsp3) is 0. The Morgan fingerprint density at radius 1 is 0.281 bits per heavy atom. The summed E-state index contributed by atoms with van der Waals surface area (Å²) in [6, 6.07) is 78.4. The smallest absolute Gasteiger partial charge is 0.136 e. The van der Waals surface area contributed by atoms with Crippen molar-refractivity contribution in [2.45, 2.75) is 0 Å². The van der Waals surface area contributed by atoms with Crippen molar-refractivity contribution < 1.29 is 4.42 Å². The minimum Gasteiger partial charge on any atom is -0.456 e. The molecule has 0 unspecified atom stereocenters. The number of anilines is 6. The van der Waals surface area contributed by atoms with Crippen LogP contribution in [0.3, 0.4) is 0 Å². The van der Waals surface area contributed by atoms with Gasteiger partial charge in [0.2, 0.25) is 0 Å². The van der Waals surface area contributed by atoms with Crippen molar-refractivity contribution in [3.63, 3.8) is 0 Å². The summed E-state index contributed by atoms with van der Waals surface area (Å²) in [7, 11) is 0. The van der Waals surface area contributed by atoms with Gasteiger partial charge in [0.05, 0.1) is 5.69 Å². The maximum Gasteiger partial charge on any atom is 0.136 e. The second kappa shape index (κ2) is 13.6. The zero-order valence-corrected chi connectivity index (χ0v) is 31.1. The van der Waals surface area contributed by atoms with Gasteiger partial charge >= 0.3 is 0 Å². The highest BCUT2D eigenvalue weighted by Gasteiger charge is 2.21. The van der Waals surface area contributed by atoms with E-state index in [1.807, 2.05) is 12.1 Å². The third-order valence-electron chi connectivity index (χ3n) is 11.2. The van der Waals surface area contributed by atoms with Gasteiger partial charge < -0.3 is 14.2 Å². The molecule has 0 aliphatic heterocycles. The van der Waals surface area contributed by atoms with Gasteiger partial charge in [0.1, 0.15) is 11.2 Å². The molecule has 0 spiro atoms. The van der Waals surface area contributed by atoms with Crippen molar-refractivity contribution in [3.05, 3.63) is 218 Å². The van der Waals surface area contributed by atoms with E-state index in [1.165, 1.54) is 26.9 Å². The zero-order chi connectivity index (χ0) is 37.7. The second-order valence-corrected chi connectivity index (χ2v) is 14.6. The van der Waals surface area contributed by atoms with Crippen molar-refractivity contribution >= 4 is 88.4 Å². The molecule has 0 aliphatic rings. The Balaban J connectivity index is 1.14. The van der Waals surface area contributed by atoms with Gasteiger partial charge in [0, 0.05) is 44.8 Å². The lowest BCUT2D eigenvalue weighted by atomic mass is 9.98. The van der Waals surface area contributed by atoms with Gasteiger partial charge in [-0.1, -0.05) is 140 Å². The summed E-state index contributed by atoms with van der Waals surface area (Å²) in [6.45, 7) is 0. The van der Waals surface area contributed by atoms with E-state index in [9.17, 15) is 0 Å². The molecule has 0 N–H and O–H groups in total. The highest BCUT2D eigenvalue weighted by Crippen LogP contribution is 2.45. The molecule has 0 aliphatic carbocycles. The van der Waals surface area contributed by atoms with E-state index in [-0.39, 0.29) is 0 Å². The van der Waals surface area contributed by atoms with E-state index in [0.29, 0.717) is 0 Å². The van der Waals surface area contributed by atoms with E-state index in [4.69, 9.17) is 4.42 Å². The van der Waals surface area contributed by atoms with Crippen LogP contribution in [0.25, 0.3) is 65.4 Å². The summed E-state index contributed by atoms with van der Waals surface area (Å²) < 4.78 is 6.31. The van der Waals surface area contributed by atoms with E-state index in [0.717, 1.165) is 72.6 Å². The summed E-state index contributed by atoms with van der Waals surface area (Å²) in [6.07, 6.45) is 0. The molecular formula is C54H36N2O. The summed E-state index contributed by atoms with van der Waals surface area (Å²) in [4.78, 5) is 4.77. The second-order valence-electron chi connectivity index (χ2n) is 14.6. The Morgan fingerprint density at radius 2 is 0.877 bits per heavy atom. The van der Waals surface area contributed by atoms with Gasteiger partial charge in [-0.2, -0.15) is 0 Å². The largest absolute Gasteiger partial charge is 0.456 e. The predicted molar refractivity (Wildman–Crippen MR) is 241 cm³/mol. The quantitative estimate of drug-likeness (QED) is 0.152. The third kappa shape index (κ3) is 5.76. The summed E-state index contributed by atoms with van der Waals surface area (Å²) >= 11 is 0. The van der Waals surface area contributed by atoms with Gasteiger partial charge in [0.25, 0.3) is 0 Å². The maximum atomic E-state index is 6.31. The molecule has 11 aromatic rings. The van der Waals surface area contributed by atoms with Crippen LogP contribution in [0.1, 0.15) is 0 Å². The number of furan rings is 1. The molecular weight excluding hydrogens is 693 g/mol. The average molecular weight is 729 g/mol. The number of benzene rings is 10. The highest BCUT2D eigenvalue weighted by molar-refractivity contribution is 6.17. The molecule has 3 heteroatoms.